The summed E-state index contributed by atoms with van der Waals surface area (Å²) < 4.78 is 23.3. The molecule has 0 aromatic heterocycles. The maximum atomic E-state index is 12.9. The fourth-order valence-corrected chi connectivity index (χ4v) is 8.29. The third-order valence-electron chi connectivity index (χ3n) is 11.9. The molecule has 0 aromatic carbocycles. The third kappa shape index (κ3) is 51.4. The SMILES string of the molecule is CC/C=C\C/C=C\C/C=C\C/C=C\C/C=C\C/C=C\CCCCCCCCCCCCC(=O)NC(COP(=O)([O-])OCC[N+](C)(C)C)C(O)/C=C/CCCCCCCCCCCCCCCC. The van der Waals surface area contributed by atoms with E-state index in [0.29, 0.717) is 17.4 Å². The van der Waals surface area contributed by atoms with Gasteiger partial charge in [0.2, 0.25) is 5.91 Å². The van der Waals surface area contributed by atoms with E-state index in [1.165, 1.54) is 122 Å². The standard InChI is InChI=1S/C58H105N2O6P/c1-6-8-10-12-14-16-18-20-22-24-25-26-27-28-29-30-31-32-33-34-35-36-38-40-42-44-46-48-50-52-58(62)59-56(55-66-67(63,64)65-54-53-60(3,4)5)57(61)51-49-47-45-43-41-39-37-23-21-19-17-15-13-11-9-7-2/h8,10,14,16,20,22,25-26,28-29,31-32,49,51,56-57,61H,6-7,9,11-13,15,17-19,21,23-24,27,30,33-48,50,52-55H2,1-5H3,(H-,59,62,63,64)/b10-8-,16-14-,22-20-,26-25-,29-28-,32-31-,51-49+. The van der Waals surface area contributed by atoms with E-state index < -0.39 is 20.0 Å². The molecule has 0 aliphatic heterocycles. The van der Waals surface area contributed by atoms with Crippen molar-refractivity contribution in [2.24, 2.45) is 0 Å². The minimum atomic E-state index is -4.60. The van der Waals surface area contributed by atoms with E-state index in [1.54, 1.807) is 6.08 Å². The molecule has 0 heterocycles. The first kappa shape index (κ1) is 64.7. The molecule has 0 radical (unpaired) electrons. The number of phosphoric ester groups is 1. The molecule has 0 aliphatic rings. The van der Waals surface area contributed by atoms with Gasteiger partial charge in [-0.3, -0.25) is 9.36 Å². The van der Waals surface area contributed by atoms with Crippen molar-refractivity contribution < 1.29 is 32.9 Å². The zero-order valence-corrected chi connectivity index (χ0v) is 45.0. The van der Waals surface area contributed by atoms with Crippen LogP contribution in [0.2, 0.25) is 0 Å². The number of amides is 1. The number of aliphatic hydroxyl groups is 1. The van der Waals surface area contributed by atoms with Gasteiger partial charge in [-0.15, -0.1) is 0 Å². The van der Waals surface area contributed by atoms with Crippen molar-refractivity contribution >= 4 is 13.7 Å². The van der Waals surface area contributed by atoms with E-state index in [-0.39, 0.29) is 19.1 Å². The van der Waals surface area contributed by atoms with Crippen LogP contribution in [0.25, 0.3) is 0 Å². The summed E-state index contributed by atoms with van der Waals surface area (Å²) in [6.07, 6.45) is 67.8. The second kappa shape index (κ2) is 48.7. The van der Waals surface area contributed by atoms with Gasteiger partial charge in [-0.25, -0.2) is 0 Å². The lowest BCUT2D eigenvalue weighted by Crippen LogP contribution is -2.45. The summed E-state index contributed by atoms with van der Waals surface area (Å²) in [5, 5.41) is 13.9. The number of allylic oxidation sites excluding steroid dienone is 13. The van der Waals surface area contributed by atoms with Crippen LogP contribution >= 0.6 is 7.82 Å². The first-order valence-electron chi connectivity index (χ1n) is 27.4. The number of hydrogen-bond donors (Lipinski definition) is 2. The molecule has 0 rings (SSSR count). The van der Waals surface area contributed by atoms with Crippen molar-refractivity contribution in [3.05, 3.63) is 85.1 Å². The fourth-order valence-electron chi connectivity index (χ4n) is 7.57. The number of quaternary nitrogens is 1. The van der Waals surface area contributed by atoms with Crippen LogP contribution in [0.15, 0.2) is 85.1 Å². The van der Waals surface area contributed by atoms with Gasteiger partial charge in [0.05, 0.1) is 39.9 Å². The number of aliphatic hydroxyl groups excluding tert-OH is 1. The molecule has 0 bridgehead atoms. The van der Waals surface area contributed by atoms with Crippen molar-refractivity contribution in [2.45, 2.75) is 238 Å². The molecular formula is C58H105N2O6P. The predicted molar refractivity (Wildman–Crippen MR) is 288 cm³/mol. The Morgan fingerprint density at radius 3 is 1.33 bits per heavy atom. The summed E-state index contributed by atoms with van der Waals surface area (Å²) in [6, 6.07) is -0.894. The van der Waals surface area contributed by atoms with Gasteiger partial charge in [0.1, 0.15) is 13.2 Å². The first-order valence-corrected chi connectivity index (χ1v) is 28.9. The molecule has 2 N–H and O–H groups in total. The van der Waals surface area contributed by atoms with E-state index in [9.17, 15) is 19.4 Å². The molecule has 8 nitrogen and oxygen atoms in total. The Kier molecular flexibility index (Phi) is 47.0. The lowest BCUT2D eigenvalue weighted by molar-refractivity contribution is -0.870. The quantitative estimate of drug-likeness (QED) is 0.0272. The summed E-state index contributed by atoms with van der Waals surface area (Å²) in [5.41, 5.74) is 0. The van der Waals surface area contributed by atoms with Crippen molar-refractivity contribution in [3.8, 4) is 0 Å². The van der Waals surface area contributed by atoms with E-state index in [4.69, 9.17) is 9.05 Å². The number of likely N-dealkylation sites (N-methyl/N-ethyl adjacent to an activating group) is 1. The van der Waals surface area contributed by atoms with E-state index in [2.05, 4.69) is 92.1 Å². The summed E-state index contributed by atoms with van der Waals surface area (Å²) in [5.74, 6) is -0.205. The minimum Gasteiger partial charge on any atom is -0.756 e. The molecule has 0 aromatic rings. The van der Waals surface area contributed by atoms with Gasteiger partial charge in [0, 0.05) is 6.42 Å². The van der Waals surface area contributed by atoms with Crippen LogP contribution in [0.4, 0.5) is 0 Å². The lowest BCUT2D eigenvalue weighted by Gasteiger charge is -2.29. The number of hydrogen-bond acceptors (Lipinski definition) is 6. The highest BCUT2D eigenvalue weighted by atomic mass is 31.2. The Labute approximate surface area is 414 Å². The number of phosphoric acid groups is 1. The molecule has 3 unspecified atom stereocenters. The average Bonchev–Trinajstić information content (AvgIpc) is 3.29. The van der Waals surface area contributed by atoms with Crippen molar-refractivity contribution in [1.82, 2.24) is 5.32 Å². The molecule has 0 saturated heterocycles. The van der Waals surface area contributed by atoms with Crippen molar-refractivity contribution in [2.75, 3.05) is 40.9 Å². The smallest absolute Gasteiger partial charge is 0.268 e. The maximum absolute atomic E-state index is 12.9. The molecule has 3 atom stereocenters. The number of carbonyl (C=O) groups excluding carboxylic acids is 1. The van der Waals surface area contributed by atoms with Gasteiger partial charge in [-0.1, -0.05) is 234 Å². The molecular weight excluding hydrogens is 852 g/mol. The highest BCUT2D eigenvalue weighted by Gasteiger charge is 2.23. The fraction of sp³-hybridized carbons (Fsp3) is 0.741. The zero-order valence-electron chi connectivity index (χ0n) is 44.1. The summed E-state index contributed by atoms with van der Waals surface area (Å²) in [6.45, 7) is 4.53. The molecule has 0 spiro atoms. The van der Waals surface area contributed by atoms with Crippen LogP contribution in [-0.2, 0) is 18.4 Å². The topological polar surface area (TPSA) is 108 Å². The van der Waals surface area contributed by atoms with Gasteiger partial charge >= 0.3 is 0 Å². The van der Waals surface area contributed by atoms with Gasteiger partial charge in [0.25, 0.3) is 7.82 Å². The highest BCUT2D eigenvalue weighted by molar-refractivity contribution is 7.45. The second-order valence-corrected chi connectivity index (χ2v) is 21.0. The molecule has 388 valence electrons. The van der Waals surface area contributed by atoms with E-state index >= 15 is 0 Å². The number of rotatable bonds is 49. The molecule has 0 saturated carbocycles. The van der Waals surface area contributed by atoms with Crippen LogP contribution in [0.1, 0.15) is 226 Å². The highest BCUT2D eigenvalue weighted by Crippen LogP contribution is 2.38. The first-order chi connectivity index (χ1) is 32.5. The third-order valence-corrected chi connectivity index (χ3v) is 12.8. The number of nitrogens with zero attached hydrogens (tertiary/aromatic N) is 1. The Bertz CT molecular complexity index is 1360. The monoisotopic (exact) mass is 957 g/mol. The Morgan fingerprint density at radius 1 is 0.537 bits per heavy atom. The maximum Gasteiger partial charge on any atom is 0.268 e. The number of unbranched alkanes of at least 4 members (excludes halogenated alkanes) is 24. The molecule has 0 fully saturated rings. The minimum absolute atomic E-state index is 0.00528. The molecule has 9 heteroatoms. The molecule has 67 heavy (non-hydrogen) atoms. The Balaban J connectivity index is 4.23. The summed E-state index contributed by atoms with van der Waals surface area (Å²) in [4.78, 5) is 25.5. The van der Waals surface area contributed by atoms with Gasteiger partial charge < -0.3 is 28.8 Å². The Morgan fingerprint density at radius 2 is 0.910 bits per heavy atom. The summed E-state index contributed by atoms with van der Waals surface area (Å²) >= 11 is 0. The van der Waals surface area contributed by atoms with Crippen LogP contribution in [0, 0.1) is 0 Å². The predicted octanol–water partition coefficient (Wildman–Crippen LogP) is 15.8. The second-order valence-electron chi connectivity index (χ2n) is 19.6. The number of carbonyl (C=O) groups is 1. The van der Waals surface area contributed by atoms with Gasteiger partial charge in [-0.2, -0.15) is 0 Å². The summed E-state index contributed by atoms with van der Waals surface area (Å²) in [7, 11) is 1.25. The zero-order chi connectivity index (χ0) is 49.2. The van der Waals surface area contributed by atoms with Gasteiger partial charge in [-0.05, 0) is 70.6 Å². The van der Waals surface area contributed by atoms with Crippen LogP contribution < -0.4 is 10.2 Å². The van der Waals surface area contributed by atoms with Crippen molar-refractivity contribution in [1.29, 1.82) is 0 Å². The van der Waals surface area contributed by atoms with E-state index in [1.807, 2.05) is 27.2 Å². The van der Waals surface area contributed by atoms with Crippen LogP contribution in [-0.4, -0.2) is 68.5 Å². The average molecular weight is 957 g/mol. The largest absolute Gasteiger partial charge is 0.756 e. The van der Waals surface area contributed by atoms with Gasteiger partial charge in [0.15, 0.2) is 0 Å². The lowest BCUT2D eigenvalue weighted by atomic mass is 10.0. The number of nitrogens with one attached hydrogen (secondary N) is 1. The van der Waals surface area contributed by atoms with Crippen LogP contribution in [0.5, 0.6) is 0 Å². The van der Waals surface area contributed by atoms with E-state index in [0.717, 1.165) is 83.5 Å². The Hall–Kier alpha value is -2.32. The normalized spacial score (nSPS) is 14.7. The van der Waals surface area contributed by atoms with Crippen LogP contribution in [0.3, 0.4) is 0 Å². The molecule has 0 aliphatic carbocycles. The van der Waals surface area contributed by atoms with Crippen molar-refractivity contribution in [3.63, 3.8) is 0 Å². The molecule has 1 amide bonds.